The van der Waals surface area contributed by atoms with Crippen LogP contribution < -0.4 is 32.0 Å². The minimum absolute atomic E-state index is 0.117. The van der Waals surface area contributed by atoms with E-state index >= 15 is 0 Å². The van der Waals surface area contributed by atoms with Crippen LogP contribution in [0.3, 0.4) is 0 Å². The fraction of sp³-hybridized carbons (Fsp3) is 0.154. The zero-order valence-electron chi connectivity index (χ0n) is 19.2. The molecular formula is C26H22N4O4. The first-order valence-corrected chi connectivity index (χ1v) is 10.7. The second-order valence-electron chi connectivity index (χ2n) is 8.66. The van der Waals surface area contributed by atoms with Gasteiger partial charge in [-0.3, -0.25) is 19.2 Å². The maximum atomic E-state index is 13.1. The van der Waals surface area contributed by atoms with Crippen LogP contribution in [0, 0.1) is 0 Å². The highest BCUT2D eigenvalue weighted by molar-refractivity contribution is 5.98. The zero-order valence-corrected chi connectivity index (χ0v) is 19.2. The lowest BCUT2D eigenvalue weighted by atomic mass is 10.1. The van der Waals surface area contributed by atoms with Gasteiger partial charge < -0.3 is 9.80 Å². The van der Waals surface area contributed by atoms with Gasteiger partial charge in [0.2, 0.25) is 0 Å². The van der Waals surface area contributed by atoms with Gasteiger partial charge in [0, 0.05) is 39.6 Å². The molecule has 5 rings (SSSR count). The van der Waals surface area contributed by atoms with Crippen LogP contribution in [0.25, 0.3) is 32.9 Å². The Morgan fingerprint density at radius 3 is 0.971 bits per heavy atom. The normalized spacial score (nSPS) is 11.4. The van der Waals surface area contributed by atoms with E-state index in [0.29, 0.717) is 11.4 Å². The van der Waals surface area contributed by atoms with Gasteiger partial charge in [-0.25, -0.2) is 9.13 Å². The van der Waals surface area contributed by atoms with E-state index in [0.717, 1.165) is 20.5 Å². The van der Waals surface area contributed by atoms with Gasteiger partial charge in [0.25, 0.3) is 22.2 Å². The Labute approximate surface area is 193 Å². The lowest BCUT2D eigenvalue weighted by Gasteiger charge is -2.12. The molecule has 0 N–H and O–H groups in total. The second kappa shape index (κ2) is 7.55. The highest BCUT2D eigenvalue weighted by atomic mass is 16.2. The molecular weight excluding hydrogens is 432 g/mol. The Balaban J connectivity index is 1.72. The quantitative estimate of drug-likeness (QED) is 0.413. The van der Waals surface area contributed by atoms with E-state index in [2.05, 4.69) is 0 Å². The van der Waals surface area contributed by atoms with Gasteiger partial charge in [-0.15, -0.1) is 0 Å². The van der Waals surface area contributed by atoms with Gasteiger partial charge in [-0.05, 0) is 60.7 Å². The first-order valence-electron chi connectivity index (χ1n) is 10.7. The van der Waals surface area contributed by atoms with E-state index in [-0.39, 0.29) is 21.5 Å². The Bertz CT molecular complexity index is 1560. The number of anilines is 2. The third kappa shape index (κ3) is 3.07. The summed E-state index contributed by atoms with van der Waals surface area (Å²) in [6.45, 7) is 0. The molecule has 0 unspecified atom stereocenters. The summed E-state index contributed by atoms with van der Waals surface area (Å²) in [5.74, 6) is 0. The summed E-state index contributed by atoms with van der Waals surface area (Å²) < 4.78 is 2.15. The van der Waals surface area contributed by atoms with E-state index in [1.807, 2.05) is 62.3 Å². The van der Waals surface area contributed by atoms with E-state index in [4.69, 9.17) is 0 Å². The van der Waals surface area contributed by atoms with Crippen LogP contribution in [0.2, 0.25) is 0 Å². The molecule has 0 spiro atoms. The Hall–Kier alpha value is -4.46. The molecule has 0 saturated heterocycles. The predicted octanol–water partition coefficient (Wildman–Crippen LogP) is 2.02. The summed E-state index contributed by atoms with van der Waals surface area (Å²) in [7, 11) is 7.58. The molecule has 0 aliphatic carbocycles. The Kier molecular flexibility index (Phi) is 4.75. The fourth-order valence-electron chi connectivity index (χ4n) is 4.24. The highest BCUT2D eigenvalue weighted by Crippen LogP contribution is 2.19. The maximum absolute atomic E-state index is 13.1. The third-order valence-electron chi connectivity index (χ3n) is 6.14. The Morgan fingerprint density at radius 2 is 0.735 bits per heavy atom. The monoisotopic (exact) mass is 454 g/mol. The van der Waals surface area contributed by atoms with Crippen molar-refractivity contribution in [1.29, 1.82) is 0 Å². The maximum Gasteiger partial charge on any atom is 0.266 e. The summed E-state index contributed by atoms with van der Waals surface area (Å²) in [4.78, 5) is 56.4. The number of hydrogen-bond donors (Lipinski definition) is 0. The van der Waals surface area contributed by atoms with Gasteiger partial charge in [-0.1, -0.05) is 0 Å². The molecule has 8 nitrogen and oxygen atoms in total. The molecule has 3 aromatic carbocycles. The topological polar surface area (TPSA) is 84.6 Å². The van der Waals surface area contributed by atoms with Gasteiger partial charge in [0.15, 0.2) is 0 Å². The molecule has 0 amide bonds. The molecule has 0 aliphatic heterocycles. The minimum atomic E-state index is -0.519. The van der Waals surface area contributed by atoms with Crippen molar-refractivity contribution in [3.63, 3.8) is 0 Å². The molecule has 8 heteroatoms. The summed E-state index contributed by atoms with van der Waals surface area (Å²) in [6, 6.07) is 16.8. The zero-order chi connectivity index (χ0) is 24.3. The van der Waals surface area contributed by atoms with Crippen LogP contribution in [0.5, 0.6) is 0 Å². The molecule has 2 aromatic heterocycles. The van der Waals surface area contributed by atoms with Crippen LogP contribution in [0.15, 0.2) is 79.8 Å². The molecule has 0 saturated carbocycles. The molecule has 170 valence electrons. The van der Waals surface area contributed by atoms with Crippen molar-refractivity contribution >= 4 is 32.9 Å². The summed E-state index contributed by atoms with van der Waals surface area (Å²) in [5, 5.41) is 0.468. The number of fused-ring (bicyclic) bond motifs is 2. The number of rotatable bonds is 4. The van der Waals surface area contributed by atoms with Crippen molar-refractivity contribution in [1.82, 2.24) is 9.13 Å². The van der Waals surface area contributed by atoms with Crippen LogP contribution in [0.4, 0.5) is 11.4 Å². The number of hydrogen-bond acceptors (Lipinski definition) is 6. The molecule has 5 aromatic rings. The molecule has 0 fully saturated rings. The third-order valence-corrected chi connectivity index (χ3v) is 6.14. The van der Waals surface area contributed by atoms with E-state index in [1.54, 1.807) is 24.3 Å². The summed E-state index contributed by atoms with van der Waals surface area (Å²) in [5.41, 5.74) is 0.630. The largest absolute Gasteiger partial charge is 0.378 e. The standard InChI is InChI=1S/C26H22N4O4/c1-27(2)15-5-9-17(10-6-15)29-23(31)19-13-21-22(14-20(19)24(29)32)26(34)30(25(21)33)18-11-7-16(8-12-18)28(3)4/h5-14H,1-4H3. The summed E-state index contributed by atoms with van der Waals surface area (Å²) in [6.07, 6.45) is 0. The van der Waals surface area contributed by atoms with Crippen molar-refractivity contribution < 1.29 is 0 Å². The van der Waals surface area contributed by atoms with Crippen molar-refractivity contribution in [3.05, 3.63) is 102 Å². The lowest BCUT2D eigenvalue weighted by Crippen LogP contribution is -2.24. The van der Waals surface area contributed by atoms with Crippen molar-refractivity contribution in [2.75, 3.05) is 38.0 Å². The first-order chi connectivity index (χ1) is 16.2. The number of aromatic nitrogens is 2. The second-order valence-corrected chi connectivity index (χ2v) is 8.66. The van der Waals surface area contributed by atoms with E-state index < -0.39 is 22.2 Å². The van der Waals surface area contributed by atoms with Crippen LogP contribution in [-0.2, 0) is 0 Å². The number of benzene rings is 3. The molecule has 0 bridgehead atoms. The average Bonchev–Trinajstić information content (AvgIpc) is 3.22. The molecule has 0 aliphatic rings. The predicted molar refractivity (Wildman–Crippen MR) is 136 cm³/mol. The highest BCUT2D eigenvalue weighted by Gasteiger charge is 2.21. The van der Waals surface area contributed by atoms with Crippen LogP contribution >= 0.6 is 0 Å². The van der Waals surface area contributed by atoms with Crippen LogP contribution in [-0.4, -0.2) is 37.3 Å². The van der Waals surface area contributed by atoms with Gasteiger partial charge in [0.1, 0.15) is 0 Å². The molecule has 0 atom stereocenters. The minimum Gasteiger partial charge on any atom is -0.378 e. The first kappa shape index (κ1) is 21.4. The smallest absolute Gasteiger partial charge is 0.266 e. The van der Waals surface area contributed by atoms with Gasteiger partial charge >= 0.3 is 0 Å². The van der Waals surface area contributed by atoms with E-state index in [1.165, 1.54) is 12.1 Å². The fourth-order valence-corrected chi connectivity index (χ4v) is 4.24. The van der Waals surface area contributed by atoms with Crippen molar-refractivity contribution in [2.45, 2.75) is 0 Å². The van der Waals surface area contributed by atoms with E-state index in [9.17, 15) is 19.2 Å². The molecule has 0 radical (unpaired) electrons. The van der Waals surface area contributed by atoms with Gasteiger partial charge in [-0.2, -0.15) is 0 Å². The Morgan fingerprint density at radius 1 is 0.471 bits per heavy atom. The summed E-state index contributed by atoms with van der Waals surface area (Å²) >= 11 is 0. The van der Waals surface area contributed by atoms with Crippen molar-refractivity contribution in [2.24, 2.45) is 0 Å². The molecule has 2 heterocycles. The SMILES string of the molecule is CN(C)c1ccc(-n2c(=O)c3cc4c(=O)n(-c5ccc(N(C)C)cc5)c(=O)c4cc3c2=O)cc1. The van der Waals surface area contributed by atoms with Gasteiger partial charge in [0.05, 0.1) is 32.9 Å². The van der Waals surface area contributed by atoms with Crippen LogP contribution in [0.1, 0.15) is 0 Å². The lowest BCUT2D eigenvalue weighted by molar-refractivity contribution is 0.986. The average molecular weight is 454 g/mol. The number of nitrogens with zero attached hydrogens (tertiary/aromatic N) is 4. The van der Waals surface area contributed by atoms with Crippen molar-refractivity contribution in [3.8, 4) is 11.4 Å². The molecule has 34 heavy (non-hydrogen) atoms.